The summed E-state index contributed by atoms with van der Waals surface area (Å²) in [5.41, 5.74) is 2.16. The molecule has 2 aromatic carbocycles. The number of nitrogens with one attached hydrogen (secondary N) is 2. The molecule has 0 aliphatic carbocycles. The van der Waals surface area contributed by atoms with Crippen LogP contribution in [-0.4, -0.2) is 44.5 Å². The second kappa shape index (κ2) is 10.0. The Morgan fingerprint density at radius 1 is 1.03 bits per heavy atom. The maximum Gasteiger partial charge on any atom is 0.265 e. The van der Waals surface area contributed by atoms with Crippen molar-refractivity contribution in [2.24, 2.45) is 0 Å². The van der Waals surface area contributed by atoms with E-state index in [1.165, 1.54) is 11.3 Å². The van der Waals surface area contributed by atoms with E-state index in [0.717, 1.165) is 11.3 Å². The molecule has 2 amide bonds. The summed E-state index contributed by atoms with van der Waals surface area (Å²) < 4.78 is 5.22. The number of rotatable bonds is 8. The zero-order valence-corrected chi connectivity index (χ0v) is 18.0. The fraction of sp³-hybridized carbons (Fsp3) is 0.217. The van der Waals surface area contributed by atoms with E-state index < -0.39 is 0 Å². The van der Waals surface area contributed by atoms with Gasteiger partial charge < -0.3 is 20.3 Å². The van der Waals surface area contributed by atoms with Gasteiger partial charge in [-0.2, -0.15) is 0 Å². The molecule has 1 unspecified atom stereocenters. The summed E-state index contributed by atoms with van der Waals surface area (Å²) in [6.45, 7) is 0.448. The number of carbonyl (C=O) groups excluding carboxylic acids is 2. The van der Waals surface area contributed by atoms with Crippen molar-refractivity contribution in [3.8, 4) is 5.75 Å². The van der Waals surface area contributed by atoms with Gasteiger partial charge in [-0.25, -0.2) is 0 Å². The molecular formula is C23H25N3O3S. The number of thiophene rings is 1. The summed E-state index contributed by atoms with van der Waals surface area (Å²) in [6, 6.07) is 18.3. The smallest absolute Gasteiger partial charge is 0.265 e. The van der Waals surface area contributed by atoms with Crippen molar-refractivity contribution in [3.63, 3.8) is 0 Å². The van der Waals surface area contributed by atoms with Crippen LogP contribution < -0.4 is 15.4 Å². The zero-order valence-electron chi connectivity index (χ0n) is 17.2. The Balaban J connectivity index is 1.65. The normalized spacial score (nSPS) is 11.7. The number of nitrogens with zero attached hydrogens (tertiary/aromatic N) is 1. The number of benzene rings is 2. The molecule has 2 N–H and O–H groups in total. The summed E-state index contributed by atoms with van der Waals surface area (Å²) in [5, 5.41) is 7.67. The topological polar surface area (TPSA) is 70.7 Å². The molecule has 0 bridgehead atoms. The van der Waals surface area contributed by atoms with Crippen LogP contribution in [0.2, 0.25) is 0 Å². The lowest BCUT2D eigenvalue weighted by molar-refractivity contribution is 0.0940. The van der Waals surface area contributed by atoms with Crippen LogP contribution in [0.3, 0.4) is 0 Å². The quantitative estimate of drug-likeness (QED) is 0.574. The fourth-order valence-corrected chi connectivity index (χ4v) is 3.67. The van der Waals surface area contributed by atoms with Crippen LogP contribution in [0.5, 0.6) is 5.75 Å². The second-order valence-electron chi connectivity index (χ2n) is 6.97. The number of hydrogen-bond acceptors (Lipinski definition) is 5. The van der Waals surface area contributed by atoms with Gasteiger partial charge in [-0.15, -0.1) is 11.3 Å². The first kappa shape index (κ1) is 21.5. The lowest BCUT2D eigenvalue weighted by atomic mass is 10.1. The highest BCUT2D eigenvalue weighted by molar-refractivity contribution is 7.12. The van der Waals surface area contributed by atoms with E-state index in [9.17, 15) is 9.59 Å². The minimum absolute atomic E-state index is 0.0153. The molecule has 6 nitrogen and oxygen atoms in total. The molecule has 1 aromatic heterocycles. The van der Waals surface area contributed by atoms with E-state index in [2.05, 4.69) is 15.5 Å². The van der Waals surface area contributed by atoms with E-state index in [1.807, 2.05) is 49.8 Å². The monoisotopic (exact) mass is 423 g/mol. The predicted octanol–water partition coefficient (Wildman–Crippen LogP) is 4.04. The van der Waals surface area contributed by atoms with Gasteiger partial charge in [0.05, 0.1) is 18.0 Å². The molecule has 1 heterocycles. The fourth-order valence-electron chi connectivity index (χ4n) is 3.05. The van der Waals surface area contributed by atoms with Gasteiger partial charge in [0.1, 0.15) is 5.75 Å². The first-order chi connectivity index (χ1) is 14.5. The number of amides is 2. The van der Waals surface area contributed by atoms with Gasteiger partial charge in [0.2, 0.25) is 0 Å². The third-order valence-electron chi connectivity index (χ3n) is 4.71. The molecule has 156 valence electrons. The molecule has 1 atom stereocenters. The first-order valence-corrected chi connectivity index (χ1v) is 10.4. The summed E-state index contributed by atoms with van der Waals surface area (Å²) in [7, 11) is 5.58. The molecule has 0 aliphatic heterocycles. The third-order valence-corrected chi connectivity index (χ3v) is 5.58. The van der Waals surface area contributed by atoms with E-state index in [4.69, 9.17) is 4.74 Å². The number of carbonyl (C=O) groups is 2. The number of ether oxygens (including phenoxy) is 1. The van der Waals surface area contributed by atoms with Crippen LogP contribution in [0.1, 0.15) is 31.6 Å². The Morgan fingerprint density at radius 3 is 2.43 bits per heavy atom. The highest BCUT2D eigenvalue weighted by Gasteiger charge is 2.16. The number of anilines is 1. The number of likely N-dealkylation sites (N-methyl/N-ethyl adjacent to an activating group) is 1. The SMILES string of the molecule is COc1ccc(C(CNC(=O)c2cccc(NC(=O)c3cccs3)c2)N(C)C)cc1. The maximum absolute atomic E-state index is 12.7. The van der Waals surface area contributed by atoms with Gasteiger partial charge in [0.15, 0.2) is 0 Å². The van der Waals surface area contributed by atoms with Gasteiger partial charge in [-0.3, -0.25) is 9.59 Å². The maximum atomic E-state index is 12.7. The number of methoxy groups -OCH3 is 1. The molecule has 0 fully saturated rings. The van der Waals surface area contributed by atoms with Crippen molar-refractivity contribution < 1.29 is 14.3 Å². The van der Waals surface area contributed by atoms with E-state index in [0.29, 0.717) is 22.7 Å². The highest BCUT2D eigenvalue weighted by Crippen LogP contribution is 2.21. The summed E-state index contributed by atoms with van der Waals surface area (Å²) in [5.74, 6) is 0.416. The molecular weight excluding hydrogens is 398 g/mol. The average Bonchev–Trinajstić information content (AvgIpc) is 3.29. The van der Waals surface area contributed by atoms with Crippen molar-refractivity contribution >= 4 is 28.8 Å². The van der Waals surface area contributed by atoms with Gasteiger partial charge in [0.25, 0.3) is 11.8 Å². The Kier molecular flexibility index (Phi) is 7.21. The third kappa shape index (κ3) is 5.46. The Bertz CT molecular complexity index is 985. The average molecular weight is 424 g/mol. The Hall–Kier alpha value is -3.16. The molecule has 0 radical (unpaired) electrons. The van der Waals surface area contributed by atoms with E-state index in [-0.39, 0.29) is 17.9 Å². The van der Waals surface area contributed by atoms with Gasteiger partial charge in [0, 0.05) is 17.8 Å². The zero-order chi connectivity index (χ0) is 21.5. The van der Waals surface area contributed by atoms with Crippen molar-refractivity contribution in [2.75, 3.05) is 33.1 Å². The van der Waals surface area contributed by atoms with Crippen LogP contribution in [0.4, 0.5) is 5.69 Å². The van der Waals surface area contributed by atoms with E-state index in [1.54, 1.807) is 37.4 Å². The van der Waals surface area contributed by atoms with E-state index >= 15 is 0 Å². The van der Waals surface area contributed by atoms with Crippen LogP contribution in [-0.2, 0) is 0 Å². The van der Waals surface area contributed by atoms with Gasteiger partial charge in [-0.1, -0.05) is 24.3 Å². The molecule has 0 aliphatic rings. The lowest BCUT2D eigenvalue weighted by Crippen LogP contribution is -2.34. The summed E-state index contributed by atoms with van der Waals surface area (Å²) >= 11 is 1.37. The predicted molar refractivity (Wildman–Crippen MR) is 120 cm³/mol. The lowest BCUT2D eigenvalue weighted by Gasteiger charge is -2.25. The molecule has 0 saturated heterocycles. The number of hydrogen-bond donors (Lipinski definition) is 2. The molecule has 3 aromatic rings. The molecule has 30 heavy (non-hydrogen) atoms. The molecule has 3 rings (SSSR count). The summed E-state index contributed by atoms with van der Waals surface area (Å²) in [4.78, 5) is 27.6. The molecule has 7 heteroatoms. The summed E-state index contributed by atoms with van der Waals surface area (Å²) in [6.07, 6.45) is 0. The van der Waals surface area contributed by atoms with Crippen molar-refractivity contribution in [3.05, 3.63) is 82.0 Å². The van der Waals surface area contributed by atoms with Crippen molar-refractivity contribution in [1.29, 1.82) is 0 Å². The van der Waals surface area contributed by atoms with Crippen LogP contribution in [0, 0.1) is 0 Å². The van der Waals surface area contributed by atoms with Crippen molar-refractivity contribution in [2.45, 2.75) is 6.04 Å². The second-order valence-corrected chi connectivity index (χ2v) is 7.92. The Morgan fingerprint density at radius 2 is 1.80 bits per heavy atom. The molecule has 0 spiro atoms. The molecule has 0 saturated carbocycles. The van der Waals surface area contributed by atoms with Crippen LogP contribution in [0.15, 0.2) is 66.0 Å². The standard InChI is InChI=1S/C23H25N3O3S/c1-26(2)20(16-9-11-19(29-3)12-10-16)15-24-22(27)17-6-4-7-18(14-17)25-23(28)21-8-5-13-30-21/h4-14,20H,15H2,1-3H3,(H,24,27)(H,25,28). The van der Waals surface area contributed by atoms with Gasteiger partial charge >= 0.3 is 0 Å². The largest absolute Gasteiger partial charge is 0.497 e. The van der Waals surface area contributed by atoms with Crippen LogP contribution in [0.25, 0.3) is 0 Å². The minimum Gasteiger partial charge on any atom is -0.497 e. The Labute approximate surface area is 180 Å². The van der Waals surface area contributed by atoms with Crippen molar-refractivity contribution in [1.82, 2.24) is 10.2 Å². The minimum atomic E-state index is -0.192. The van der Waals surface area contributed by atoms with Crippen LogP contribution >= 0.6 is 11.3 Å². The van der Waals surface area contributed by atoms with Gasteiger partial charge in [-0.05, 0) is 61.4 Å². The first-order valence-electron chi connectivity index (χ1n) is 9.51. The highest BCUT2D eigenvalue weighted by atomic mass is 32.1.